The van der Waals surface area contributed by atoms with Crippen LogP contribution in [-0.2, 0) is 9.53 Å². The van der Waals surface area contributed by atoms with Crippen molar-refractivity contribution in [2.24, 2.45) is 5.92 Å². The van der Waals surface area contributed by atoms with E-state index >= 15 is 0 Å². The maximum atomic E-state index is 12.3. The zero-order valence-electron chi connectivity index (χ0n) is 12.4. The van der Waals surface area contributed by atoms with Crippen LogP contribution in [0.25, 0.3) is 0 Å². The summed E-state index contributed by atoms with van der Waals surface area (Å²) in [6.45, 7) is 5.09. The Balaban J connectivity index is 3.14. The fourth-order valence-electron chi connectivity index (χ4n) is 1.94. The number of hydrogen-bond donors (Lipinski definition) is 1. The third kappa shape index (κ3) is 3.77. The van der Waals surface area contributed by atoms with Gasteiger partial charge in [0, 0.05) is 6.07 Å². The van der Waals surface area contributed by atoms with E-state index in [1.807, 2.05) is 0 Å². The van der Waals surface area contributed by atoms with Crippen molar-refractivity contribution in [3.05, 3.63) is 39.4 Å². The molecule has 0 saturated heterocycles. The second kappa shape index (κ2) is 6.83. The molecule has 0 spiro atoms. The molecule has 0 heterocycles. The van der Waals surface area contributed by atoms with Crippen LogP contribution >= 0.6 is 0 Å². The van der Waals surface area contributed by atoms with Crippen LogP contribution in [0.2, 0.25) is 0 Å². The summed E-state index contributed by atoms with van der Waals surface area (Å²) < 4.78 is 4.63. The first-order valence-electron chi connectivity index (χ1n) is 6.42. The lowest BCUT2D eigenvalue weighted by atomic mass is 10.0. The lowest BCUT2D eigenvalue weighted by Crippen LogP contribution is -2.45. The molecule has 1 N–H and O–H groups in total. The van der Waals surface area contributed by atoms with Crippen LogP contribution in [0.4, 0.5) is 5.69 Å². The Bertz CT molecular complexity index is 568. The quantitative estimate of drug-likeness (QED) is 0.507. The molecule has 0 aliphatic carbocycles. The minimum atomic E-state index is -0.860. The Morgan fingerprint density at radius 2 is 1.95 bits per heavy atom. The number of methoxy groups -OCH3 is 1. The fraction of sp³-hybridized carbons (Fsp3) is 0.429. The molecule has 1 atom stereocenters. The zero-order valence-corrected chi connectivity index (χ0v) is 12.4. The number of aryl methyl sites for hydroxylation is 1. The van der Waals surface area contributed by atoms with Gasteiger partial charge in [0.25, 0.3) is 11.6 Å². The molecule has 7 nitrogen and oxygen atoms in total. The standard InChI is InChI=1S/C14H18N2O5/c1-8(2)12(14(18)21-4)15-13(17)11-9(3)6-5-7-10(11)16(19)20/h5-8,12H,1-4H3,(H,15,17). The molecule has 21 heavy (non-hydrogen) atoms. The second-order valence-electron chi connectivity index (χ2n) is 4.94. The number of nitrogens with zero attached hydrogens (tertiary/aromatic N) is 1. The van der Waals surface area contributed by atoms with Crippen molar-refractivity contribution in [2.75, 3.05) is 7.11 Å². The number of esters is 1. The summed E-state index contributed by atoms with van der Waals surface area (Å²) in [5.74, 6) is -1.46. The molecular weight excluding hydrogens is 276 g/mol. The number of nitrogens with one attached hydrogen (secondary N) is 1. The van der Waals surface area contributed by atoms with Crippen LogP contribution in [0.3, 0.4) is 0 Å². The van der Waals surface area contributed by atoms with Gasteiger partial charge >= 0.3 is 5.97 Å². The maximum absolute atomic E-state index is 12.3. The van der Waals surface area contributed by atoms with Gasteiger partial charge in [-0.25, -0.2) is 4.79 Å². The topological polar surface area (TPSA) is 98.5 Å². The Kier molecular flexibility index (Phi) is 5.40. The van der Waals surface area contributed by atoms with E-state index in [-0.39, 0.29) is 17.2 Å². The molecule has 0 aliphatic rings. The number of ether oxygens (including phenoxy) is 1. The molecule has 1 amide bonds. The molecule has 0 aliphatic heterocycles. The molecule has 7 heteroatoms. The normalized spacial score (nSPS) is 11.9. The maximum Gasteiger partial charge on any atom is 0.328 e. The number of benzene rings is 1. The zero-order chi connectivity index (χ0) is 16.2. The van der Waals surface area contributed by atoms with E-state index in [9.17, 15) is 19.7 Å². The molecule has 0 saturated carbocycles. The van der Waals surface area contributed by atoms with Crippen LogP contribution in [0.5, 0.6) is 0 Å². The largest absolute Gasteiger partial charge is 0.467 e. The number of nitro benzene ring substituents is 1. The highest BCUT2D eigenvalue weighted by atomic mass is 16.6. The van der Waals surface area contributed by atoms with Gasteiger partial charge in [-0.1, -0.05) is 26.0 Å². The Morgan fingerprint density at radius 3 is 2.43 bits per heavy atom. The van der Waals surface area contributed by atoms with Crippen molar-refractivity contribution < 1.29 is 19.2 Å². The van der Waals surface area contributed by atoms with Crippen LogP contribution < -0.4 is 5.32 Å². The number of carbonyl (C=O) groups is 2. The van der Waals surface area contributed by atoms with Crippen LogP contribution in [0.1, 0.15) is 29.8 Å². The Morgan fingerprint density at radius 1 is 1.33 bits per heavy atom. The number of nitro groups is 1. The highest BCUT2D eigenvalue weighted by Gasteiger charge is 2.29. The molecular formula is C14H18N2O5. The molecule has 0 aromatic heterocycles. The average Bonchev–Trinajstić information content (AvgIpc) is 2.42. The number of hydrogen-bond acceptors (Lipinski definition) is 5. The van der Waals surface area contributed by atoms with E-state index in [0.717, 1.165) is 0 Å². The van der Waals surface area contributed by atoms with Gasteiger partial charge in [0.05, 0.1) is 12.0 Å². The van der Waals surface area contributed by atoms with E-state index in [2.05, 4.69) is 10.1 Å². The highest BCUT2D eigenvalue weighted by Crippen LogP contribution is 2.22. The first kappa shape index (κ1) is 16.6. The van der Waals surface area contributed by atoms with Crippen molar-refractivity contribution in [3.63, 3.8) is 0 Å². The van der Waals surface area contributed by atoms with Crippen molar-refractivity contribution in [3.8, 4) is 0 Å². The third-order valence-corrected chi connectivity index (χ3v) is 3.08. The second-order valence-corrected chi connectivity index (χ2v) is 4.94. The number of rotatable bonds is 5. The van der Waals surface area contributed by atoms with Gasteiger partial charge in [0.1, 0.15) is 11.6 Å². The monoisotopic (exact) mass is 294 g/mol. The van der Waals surface area contributed by atoms with E-state index in [4.69, 9.17) is 0 Å². The number of carbonyl (C=O) groups excluding carboxylic acids is 2. The van der Waals surface area contributed by atoms with E-state index in [1.54, 1.807) is 26.8 Å². The smallest absolute Gasteiger partial charge is 0.328 e. The van der Waals surface area contributed by atoms with Gasteiger partial charge in [-0.2, -0.15) is 0 Å². The predicted molar refractivity (Wildman–Crippen MR) is 75.9 cm³/mol. The Hall–Kier alpha value is -2.44. The molecule has 0 radical (unpaired) electrons. The van der Waals surface area contributed by atoms with Gasteiger partial charge < -0.3 is 10.1 Å². The van der Waals surface area contributed by atoms with Gasteiger partial charge in [0.2, 0.25) is 0 Å². The summed E-state index contributed by atoms with van der Waals surface area (Å²) in [6, 6.07) is 3.50. The molecule has 0 bridgehead atoms. The van der Waals surface area contributed by atoms with Crippen molar-refractivity contribution in [1.82, 2.24) is 5.32 Å². The highest BCUT2D eigenvalue weighted by molar-refractivity contribution is 6.01. The van der Waals surface area contributed by atoms with Crippen LogP contribution in [0, 0.1) is 23.0 Å². The van der Waals surface area contributed by atoms with Gasteiger partial charge in [-0.05, 0) is 18.4 Å². The summed E-state index contributed by atoms with van der Waals surface area (Å²) in [5, 5.41) is 13.5. The van der Waals surface area contributed by atoms with Crippen molar-refractivity contribution >= 4 is 17.6 Å². The van der Waals surface area contributed by atoms with Crippen LogP contribution in [-0.4, -0.2) is 30.0 Å². The molecule has 1 unspecified atom stereocenters. The minimum Gasteiger partial charge on any atom is -0.467 e. The molecule has 114 valence electrons. The van der Waals surface area contributed by atoms with Gasteiger partial charge in [-0.15, -0.1) is 0 Å². The summed E-state index contributed by atoms with van der Waals surface area (Å²) in [6.07, 6.45) is 0. The fourth-order valence-corrected chi connectivity index (χ4v) is 1.94. The average molecular weight is 294 g/mol. The summed E-state index contributed by atoms with van der Waals surface area (Å²) in [4.78, 5) is 34.4. The molecule has 1 aromatic rings. The first-order chi connectivity index (χ1) is 9.79. The SMILES string of the molecule is COC(=O)C(NC(=O)c1c(C)cccc1[N+](=O)[O-])C(C)C. The molecule has 0 fully saturated rings. The van der Waals surface area contributed by atoms with E-state index in [1.165, 1.54) is 19.2 Å². The Labute approximate surface area is 122 Å². The van der Waals surface area contributed by atoms with Gasteiger partial charge in [-0.3, -0.25) is 14.9 Å². The summed E-state index contributed by atoms with van der Waals surface area (Å²) >= 11 is 0. The molecule has 1 aromatic carbocycles. The predicted octanol–water partition coefficient (Wildman–Crippen LogP) is 1.83. The lowest BCUT2D eigenvalue weighted by Gasteiger charge is -2.20. The first-order valence-corrected chi connectivity index (χ1v) is 6.42. The summed E-state index contributed by atoms with van der Waals surface area (Å²) in [7, 11) is 1.22. The van der Waals surface area contributed by atoms with Crippen molar-refractivity contribution in [2.45, 2.75) is 26.8 Å². The third-order valence-electron chi connectivity index (χ3n) is 3.08. The summed E-state index contributed by atoms with van der Waals surface area (Å²) in [5.41, 5.74) is 0.131. The minimum absolute atomic E-state index is 0.0444. The molecule has 1 rings (SSSR count). The van der Waals surface area contributed by atoms with Crippen LogP contribution in [0.15, 0.2) is 18.2 Å². The number of amides is 1. The van der Waals surface area contributed by atoms with Crippen molar-refractivity contribution in [1.29, 1.82) is 0 Å². The van der Waals surface area contributed by atoms with Gasteiger partial charge in [0.15, 0.2) is 0 Å². The lowest BCUT2D eigenvalue weighted by molar-refractivity contribution is -0.385. The van der Waals surface area contributed by atoms with E-state index < -0.39 is 22.8 Å². The van der Waals surface area contributed by atoms with E-state index in [0.29, 0.717) is 5.56 Å².